The third-order valence-electron chi connectivity index (χ3n) is 15.4. The van der Waals surface area contributed by atoms with E-state index in [9.17, 15) is 15.0 Å². The molecule has 0 aromatic carbocycles. The molecule has 0 aliphatic heterocycles. The minimum absolute atomic E-state index is 0.0202. The quantitative estimate of drug-likeness (QED) is 0.0532. The van der Waals surface area contributed by atoms with Crippen LogP contribution in [0.2, 0.25) is 0 Å². The lowest BCUT2D eigenvalue weighted by Crippen LogP contribution is -2.45. The summed E-state index contributed by atoms with van der Waals surface area (Å²) in [5.74, 6) is -0.0202. The Morgan fingerprint density at radius 3 is 0.672 bits per heavy atom. The summed E-state index contributed by atoms with van der Waals surface area (Å²) < 4.78 is 0. The highest BCUT2D eigenvalue weighted by Gasteiger charge is 2.20. The molecule has 0 aliphatic carbocycles. The van der Waals surface area contributed by atoms with Gasteiger partial charge in [0.1, 0.15) is 0 Å². The molecule has 2 atom stereocenters. The second-order valence-electron chi connectivity index (χ2n) is 22.2. The van der Waals surface area contributed by atoms with Gasteiger partial charge in [-0.3, -0.25) is 4.79 Å². The van der Waals surface area contributed by atoms with Crippen molar-refractivity contribution in [2.45, 2.75) is 392 Å². The van der Waals surface area contributed by atoms with Crippen LogP contribution < -0.4 is 5.32 Å². The number of aliphatic hydroxyl groups is 2. The zero-order valence-corrected chi connectivity index (χ0v) is 46.5. The van der Waals surface area contributed by atoms with Gasteiger partial charge in [0.25, 0.3) is 0 Å². The van der Waals surface area contributed by atoms with Crippen LogP contribution in [0.25, 0.3) is 0 Å². The first-order valence-electron chi connectivity index (χ1n) is 31.7. The van der Waals surface area contributed by atoms with Gasteiger partial charge in [-0.1, -0.05) is 361 Å². The fraction of sp³-hybridized carbons (Fsp3) is 0.984. The highest BCUT2D eigenvalue weighted by atomic mass is 16.3. The summed E-state index contributed by atoms with van der Waals surface area (Å²) in [6.45, 7) is 4.42. The molecule has 0 spiro atoms. The van der Waals surface area contributed by atoms with Crippen molar-refractivity contribution in [2.75, 3.05) is 6.61 Å². The molecule has 0 bridgehead atoms. The average molecular weight is 947 g/mol. The molecule has 402 valence electrons. The molecule has 0 heterocycles. The van der Waals surface area contributed by atoms with Crippen LogP contribution in [-0.4, -0.2) is 34.9 Å². The predicted molar refractivity (Wildman–Crippen MR) is 300 cm³/mol. The van der Waals surface area contributed by atoms with Gasteiger partial charge in [-0.05, 0) is 12.8 Å². The fourth-order valence-corrected chi connectivity index (χ4v) is 10.5. The van der Waals surface area contributed by atoms with Gasteiger partial charge >= 0.3 is 0 Å². The topological polar surface area (TPSA) is 69.6 Å². The zero-order valence-electron chi connectivity index (χ0n) is 46.5. The number of carbonyl (C=O) groups excluding carboxylic acids is 1. The summed E-state index contributed by atoms with van der Waals surface area (Å²) in [5.41, 5.74) is 0. The van der Waals surface area contributed by atoms with Gasteiger partial charge in [-0.25, -0.2) is 0 Å². The highest BCUT2D eigenvalue weighted by molar-refractivity contribution is 5.76. The van der Waals surface area contributed by atoms with Crippen LogP contribution in [0, 0.1) is 0 Å². The minimum Gasteiger partial charge on any atom is -0.394 e. The molecule has 0 aromatic rings. The van der Waals surface area contributed by atoms with Gasteiger partial charge in [0.2, 0.25) is 5.91 Å². The number of unbranched alkanes of at least 4 members (excludes halogenated alkanes) is 53. The monoisotopic (exact) mass is 946 g/mol. The fourth-order valence-electron chi connectivity index (χ4n) is 10.5. The Morgan fingerprint density at radius 2 is 0.478 bits per heavy atom. The number of amides is 1. The van der Waals surface area contributed by atoms with Gasteiger partial charge in [-0.15, -0.1) is 0 Å². The van der Waals surface area contributed by atoms with Crippen molar-refractivity contribution in [1.82, 2.24) is 5.32 Å². The SMILES string of the molecule is CCCCCCCCCCCCCCCCCCCCCCCCCCCCCCC(=O)NC(CO)C(O)CCCCCCCCCCCCCCCCCCCCCCCCCCCCC. The first-order valence-corrected chi connectivity index (χ1v) is 31.7. The molecule has 4 nitrogen and oxygen atoms in total. The Kier molecular flexibility index (Phi) is 59.2. The second kappa shape index (κ2) is 59.7. The summed E-state index contributed by atoms with van der Waals surface area (Å²) in [7, 11) is 0. The summed E-state index contributed by atoms with van der Waals surface area (Å²) in [6, 6.07) is -0.532. The van der Waals surface area contributed by atoms with E-state index in [2.05, 4.69) is 19.2 Å². The van der Waals surface area contributed by atoms with Crippen molar-refractivity contribution in [3.8, 4) is 0 Å². The summed E-state index contributed by atoms with van der Waals surface area (Å²) >= 11 is 0. The van der Waals surface area contributed by atoms with Gasteiger partial charge in [-0.2, -0.15) is 0 Å². The molecule has 3 N–H and O–H groups in total. The molecule has 67 heavy (non-hydrogen) atoms. The highest BCUT2D eigenvalue weighted by Crippen LogP contribution is 2.19. The minimum atomic E-state index is -0.656. The third kappa shape index (κ3) is 56.2. The van der Waals surface area contributed by atoms with Gasteiger partial charge in [0.15, 0.2) is 0 Å². The molecular formula is C63H127NO3. The lowest BCUT2D eigenvalue weighted by Gasteiger charge is -2.22. The van der Waals surface area contributed by atoms with Crippen LogP contribution >= 0.6 is 0 Å². The first-order chi connectivity index (χ1) is 33.2. The Labute approximate surface area is 423 Å². The normalized spacial score (nSPS) is 12.6. The van der Waals surface area contributed by atoms with E-state index in [-0.39, 0.29) is 12.5 Å². The molecule has 0 radical (unpaired) electrons. The predicted octanol–water partition coefficient (Wildman–Crippen LogP) is 21.1. The Balaban J connectivity index is 3.37. The Bertz CT molecular complexity index is 894. The number of aliphatic hydroxyl groups excluding tert-OH is 2. The van der Waals surface area contributed by atoms with Gasteiger partial charge < -0.3 is 15.5 Å². The van der Waals surface area contributed by atoms with E-state index in [0.29, 0.717) is 12.8 Å². The molecule has 1 amide bonds. The van der Waals surface area contributed by atoms with Crippen molar-refractivity contribution in [3.05, 3.63) is 0 Å². The van der Waals surface area contributed by atoms with Crippen molar-refractivity contribution in [1.29, 1.82) is 0 Å². The molecule has 0 rings (SSSR count). The molecular weight excluding hydrogens is 819 g/mol. The van der Waals surface area contributed by atoms with Crippen molar-refractivity contribution >= 4 is 5.91 Å². The van der Waals surface area contributed by atoms with Crippen LogP contribution in [0.1, 0.15) is 380 Å². The molecule has 0 fully saturated rings. The van der Waals surface area contributed by atoms with E-state index in [4.69, 9.17) is 0 Å². The number of hydrogen-bond acceptors (Lipinski definition) is 3. The number of carbonyl (C=O) groups is 1. The Morgan fingerprint density at radius 1 is 0.299 bits per heavy atom. The Hall–Kier alpha value is -0.610. The molecule has 0 aromatic heterocycles. The van der Waals surface area contributed by atoms with Gasteiger partial charge in [0.05, 0.1) is 18.8 Å². The van der Waals surface area contributed by atoms with Crippen molar-refractivity contribution in [2.24, 2.45) is 0 Å². The maximum atomic E-state index is 12.5. The second-order valence-corrected chi connectivity index (χ2v) is 22.2. The standard InChI is InChI=1S/C63H127NO3/c1-3-5-7-9-11-13-15-17-19-21-23-25-27-29-31-33-35-37-39-41-43-45-47-49-51-53-55-57-59-63(67)64-61(60-65)62(66)58-56-54-52-50-48-46-44-42-40-38-36-34-32-30-28-26-24-22-20-18-16-14-12-10-8-6-4-2/h61-62,65-66H,3-60H2,1-2H3,(H,64,67). The van der Waals surface area contributed by atoms with E-state index in [1.54, 1.807) is 0 Å². The van der Waals surface area contributed by atoms with E-state index < -0.39 is 12.1 Å². The van der Waals surface area contributed by atoms with E-state index in [1.807, 2.05) is 0 Å². The van der Waals surface area contributed by atoms with Crippen LogP contribution in [0.3, 0.4) is 0 Å². The van der Waals surface area contributed by atoms with Crippen LogP contribution in [0.5, 0.6) is 0 Å². The summed E-state index contributed by atoms with van der Waals surface area (Å²) in [6.07, 6.45) is 77.0. The molecule has 4 heteroatoms. The first kappa shape index (κ1) is 66.4. The average Bonchev–Trinajstić information content (AvgIpc) is 3.33. The maximum absolute atomic E-state index is 12.5. The van der Waals surface area contributed by atoms with Gasteiger partial charge in [0, 0.05) is 6.42 Å². The number of hydrogen-bond donors (Lipinski definition) is 3. The summed E-state index contributed by atoms with van der Waals surface area (Å²) in [4.78, 5) is 12.5. The zero-order chi connectivity index (χ0) is 48.5. The van der Waals surface area contributed by atoms with Crippen LogP contribution in [0.4, 0.5) is 0 Å². The van der Waals surface area contributed by atoms with Crippen LogP contribution in [0.15, 0.2) is 0 Å². The van der Waals surface area contributed by atoms with Crippen molar-refractivity contribution in [3.63, 3.8) is 0 Å². The molecule has 0 saturated heterocycles. The lowest BCUT2D eigenvalue weighted by atomic mass is 10.0. The smallest absolute Gasteiger partial charge is 0.220 e. The van der Waals surface area contributed by atoms with E-state index in [0.717, 1.165) is 25.7 Å². The van der Waals surface area contributed by atoms with E-state index in [1.165, 1.54) is 327 Å². The number of nitrogens with one attached hydrogen (secondary N) is 1. The lowest BCUT2D eigenvalue weighted by molar-refractivity contribution is -0.123. The third-order valence-corrected chi connectivity index (χ3v) is 15.4. The molecule has 0 saturated carbocycles. The van der Waals surface area contributed by atoms with Crippen LogP contribution in [-0.2, 0) is 4.79 Å². The molecule has 2 unspecified atom stereocenters. The van der Waals surface area contributed by atoms with Crippen molar-refractivity contribution < 1.29 is 15.0 Å². The van der Waals surface area contributed by atoms with E-state index >= 15 is 0 Å². The number of rotatable bonds is 60. The largest absolute Gasteiger partial charge is 0.394 e. The molecule has 0 aliphatic rings. The maximum Gasteiger partial charge on any atom is 0.220 e. The summed E-state index contributed by atoms with van der Waals surface area (Å²) in [5, 5.41) is 23.4.